The van der Waals surface area contributed by atoms with Crippen LogP contribution in [0.25, 0.3) is 11.2 Å². The maximum absolute atomic E-state index is 12.6. The van der Waals surface area contributed by atoms with E-state index in [4.69, 9.17) is 14.2 Å². The van der Waals surface area contributed by atoms with Crippen LogP contribution in [-0.4, -0.2) is 55.2 Å². The van der Waals surface area contributed by atoms with Crippen molar-refractivity contribution in [1.82, 2.24) is 19.5 Å². The highest BCUT2D eigenvalue weighted by molar-refractivity contribution is 6.06. The number of benzene rings is 1. The Morgan fingerprint density at radius 2 is 1.91 bits per heavy atom. The second kappa shape index (κ2) is 8.49. The van der Waals surface area contributed by atoms with Crippen LogP contribution in [0.5, 0.6) is 0 Å². The van der Waals surface area contributed by atoms with E-state index in [1.807, 2.05) is 6.07 Å². The van der Waals surface area contributed by atoms with Crippen LogP contribution in [-0.2, 0) is 23.8 Å². The molecule has 0 unspecified atom stereocenters. The number of hydrogen-bond donors (Lipinski definition) is 1. The number of amides is 1. The van der Waals surface area contributed by atoms with Crippen molar-refractivity contribution in [3.8, 4) is 0 Å². The summed E-state index contributed by atoms with van der Waals surface area (Å²) in [5, 5.41) is 2.77. The van der Waals surface area contributed by atoms with Crippen LogP contribution in [0.1, 0.15) is 49.7 Å². The van der Waals surface area contributed by atoms with E-state index in [9.17, 15) is 14.4 Å². The molecule has 1 aliphatic carbocycles. The molecule has 2 aliphatic rings. The van der Waals surface area contributed by atoms with E-state index in [1.54, 1.807) is 35.2 Å². The highest BCUT2D eigenvalue weighted by atomic mass is 16.6. The lowest BCUT2D eigenvalue weighted by molar-refractivity contribution is -0.169. The van der Waals surface area contributed by atoms with Gasteiger partial charge in [-0.2, -0.15) is 0 Å². The highest BCUT2D eigenvalue weighted by Crippen LogP contribution is 2.50. The maximum Gasteiger partial charge on any atom is 0.303 e. The normalized spacial score (nSPS) is 25.6. The van der Waals surface area contributed by atoms with Gasteiger partial charge in [0.2, 0.25) is 0 Å². The zero-order chi connectivity index (χ0) is 23.9. The predicted octanol–water partition coefficient (Wildman–Crippen LogP) is 2.39. The van der Waals surface area contributed by atoms with Gasteiger partial charge in [0.15, 0.2) is 17.0 Å². The molecular formula is C23H23N5O6. The zero-order valence-electron chi connectivity index (χ0n) is 18.6. The fourth-order valence-corrected chi connectivity index (χ4v) is 4.82. The summed E-state index contributed by atoms with van der Waals surface area (Å²) in [6, 6.07) is 8.77. The third-order valence-electron chi connectivity index (χ3n) is 6.13. The molecule has 3 aromatic rings. The third kappa shape index (κ3) is 3.87. The average molecular weight is 465 g/mol. The molecule has 1 aliphatic heterocycles. The molecule has 5 rings (SSSR count). The number of nitrogens with one attached hydrogen (secondary N) is 1. The first-order valence-corrected chi connectivity index (χ1v) is 10.9. The highest BCUT2D eigenvalue weighted by Gasteiger charge is 2.60. The first-order valence-electron chi connectivity index (χ1n) is 10.9. The van der Waals surface area contributed by atoms with Gasteiger partial charge in [0.25, 0.3) is 5.91 Å². The van der Waals surface area contributed by atoms with E-state index in [-0.39, 0.29) is 11.7 Å². The molecule has 0 bridgehead atoms. The number of fused-ring (bicyclic) bond motifs is 2. The van der Waals surface area contributed by atoms with Crippen LogP contribution in [0.4, 0.5) is 5.82 Å². The van der Waals surface area contributed by atoms with E-state index in [0.717, 1.165) is 0 Å². The topological polar surface area (TPSA) is 135 Å². The molecular weight excluding hydrogens is 442 g/mol. The molecule has 3 heterocycles. The summed E-state index contributed by atoms with van der Waals surface area (Å²) in [5.41, 5.74) is 0.418. The van der Waals surface area contributed by atoms with Gasteiger partial charge in [-0.1, -0.05) is 18.2 Å². The molecule has 11 nitrogen and oxygen atoms in total. The van der Waals surface area contributed by atoms with Crippen LogP contribution < -0.4 is 5.32 Å². The van der Waals surface area contributed by atoms with Gasteiger partial charge < -0.3 is 19.5 Å². The van der Waals surface area contributed by atoms with E-state index < -0.39 is 36.0 Å². The Morgan fingerprint density at radius 3 is 2.65 bits per heavy atom. The molecule has 34 heavy (non-hydrogen) atoms. The molecule has 4 atom stereocenters. The molecule has 1 saturated carbocycles. The number of ether oxygens (including phenoxy) is 3. The predicted molar refractivity (Wildman–Crippen MR) is 118 cm³/mol. The lowest BCUT2D eigenvalue weighted by Gasteiger charge is -2.28. The molecule has 0 radical (unpaired) electrons. The van der Waals surface area contributed by atoms with E-state index in [0.29, 0.717) is 36.0 Å². The van der Waals surface area contributed by atoms with E-state index in [2.05, 4.69) is 20.3 Å². The number of carbonyl (C=O) groups excluding carboxylic acids is 3. The first-order chi connectivity index (χ1) is 16.4. The number of rotatable bonds is 5. The lowest BCUT2D eigenvalue weighted by atomic mass is 9.96. The van der Waals surface area contributed by atoms with Crippen molar-refractivity contribution >= 4 is 34.8 Å². The minimum atomic E-state index is -0.912. The quantitative estimate of drug-likeness (QED) is 0.564. The van der Waals surface area contributed by atoms with Crippen LogP contribution >= 0.6 is 0 Å². The van der Waals surface area contributed by atoms with Crippen molar-refractivity contribution in [3.63, 3.8) is 0 Å². The second-order valence-electron chi connectivity index (χ2n) is 8.43. The molecule has 0 spiro atoms. The molecule has 1 saturated heterocycles. The average Bonchev–Trinajstić information content (AvgIpc) is 3.47. The number of esters is 2. The minimum absolute atomic E-state index is 0.267. The molecule has 1 amide bonds. The van der Waals surface area contributed by atoms with Crippen LogP contribution in [0.2, 0.25) is 0 Å². The number of imidazole rings is 1. The van der Waals surface area contributed by atoms with E-state index >= 15 is 0 Å². The maximum atomic E-state index is 12.6. The van der Waals surface area contributed by atoms with Crippen molar-refractivity contribution in [3.05, 3.63) is 48.5 Å². The largest absolute Gasteiger partial charge is 0.460 e. The second-order valence-corrected chi connectivity index (χ2v) is 8.43. The summed E-state index contributed by atoms with van der Waals surface area (Å²) in [5.74, 6) is -0.903. The minimum Gasteiger partial charge on any atom is -0.460 e. The van der Waals surface area contributed by atoms with Crippen molar-refractivity contribution in [1.29, 1.82) is 0 Å². The number of aromatic nitrogens is 4. The Balaban J connectivity index is 1.44. The van der Waals surface area contributed by atoms with Gasteiger partial charge in [-0.25, -0.2) is 15.0 Å². The van der Waals surface area contributed by atoms with Crippen molar-refractivity contribution in [2.24, 2.45) is 0 Å². The molecule has 11 heteroatoms. The van der Waals surface area contributed by atoms with Gasteiger partial charge in [-0.05, 0) is 25.0 Å². The van der Waals surface area contributed by atoms with Gasteiger partial charge in [0.05, 0.1) is 6.33 Å². The fourth-order valence-electron chi connectivity index (χ4n) is 4.82. The van der Waals surface area contributed by atoms with Crippen molar-refractivity contribution in [2.75, 3.05) is 5.32 Å². The smallest absolute Gasteiger partial charge is 0.303 e. The number of nitrogens with zero attached hydrogens (tertiary/aromatic N) is 4. The third-order valence-corrected chi connectivity index (χ3v) is 6.13. The number of carbonyl (C=O) groups is 3. The van der Waals surface area contributed by atoms with Gasteiger partial charge in [0, 0.05) is 25.8 Å². The Hall–Kier alpha value is -3.86. The van der Waals surface area contributed by atoms with Gasteiger partial charge in [0.1, 0.15) is 30.4 Å². The van der Waals surface area contributed by atoms with Gasteiger partial charge >= 0.3 is 11.9 Å². The molecule has 1 N–H and O–H groups in total. The SMILES string of the molecule is CC(=O)O[C@H]1CC[C@]2(OC(C)=O)C[C@H](n3cnc4c(NC(=O)c5ccccc5)ncnc43)O[C@H]12. The first kappa shape index (κ1) is 22.0. The van der Waals surface area contributed by atoms with Crippen LogP contribution in [0.15, 0.2) is 43.0 Å². The van der Waals surface area contributed by atoms with Crippen molar-refractivity contribution < 1.29 is 28.6 Å². The Bertz CT molecular complexity index is 1260. The molecule has 176 valence electrons. The fraction of sp³-hybridized carbons (Fsp3) is 0.391. The van der Waals surface area contributed by atoms with Crippen LogP contribution in [0, 0.1) is 0 Å². The summed E-state index contributed by atoms with van der Waals surface area (Å²) in [4.78, 5) is 49.0. The van der Waals surface area contributed by atoms with Gasteiger partial charge in [-0.3, -0.25) is 19.0 Å². The zero-order valence-corrected chi connectivity index (χ0v) is 18.6. The standard InChI is InChI=1S/C23H23N5O6/c1-13(29)32-16-8-9-23(34-14(2)30)10-17(33-19(16)23)28-12-26-18-20(24-11-25-21(18)28)27-22(31)15-6-4-3-5-7-15/h3-7,11-12,16-17,19H,8-10H2,1-2H3,(H,24,25,27,31)/t16-,17+,19+,23-/m0/s1. The Labute approximate surface area is 194 Å². The number of anilines is 1. The monoisotopic (exact) mass is 465 g/mol. The summed E-state index contributed by atoms with van der Waals surface area (Å²) < 4.78 is 19.1. The lowest BCUT2D eigenvalue weighted by Crippen LogP contribution is -2.42. The Kier molecular flexibility index (Phi) is 5.48. The summed E-state index contributed by atoms with van der Waals surface area (Å²) in [7, 11) is 0. The molecule has 2 fully saturated rings. The molecule has 2 aromatic heterocycles. The molecule has 1 aromatic carbocycles. The summed E-state index contributed by atoms with van der Waals surface area (Å²) >= 11 is 0. The van der Waals surface area contributed by atoms with Crippen molar-refractivity contribution in [2.45, 2.75) is 57.1 Å². The Morgan fingerprint density at radius 1 is 1.12 bits per heavy atom. The summed E-state index contributed by atoms with van der Waals surface area (Å²) in [6.07, 6.45) is 2.56. The summed E-state index contributed by atoms with van der Waals surface area (Å²) in [6.45, 7) is 2.68. The van der Waals surface area contributed by atoms with Crippen LogP contribution in [0.3, 0.4) is 0 Å². The number of hydrogen-bond acceptors (Lipinski definition) is 9. The van der Waals surface area contributed by atoms with Gasteiger partial charge in [-0.15, -0.1) is 0 Å². The van der Waals surface area contributed by atoms with E-state index in [1.165, 1.54) is 20.2 Å².